The molecule has 1 heterocycles. The van der Waals surface area contributed by atoms with E-state index in [4.69, 9.17) is 20.7 Å². The minimum atomic E-state index is -4.80. The van der Waals surface area contributed by atoms with Gasteiger partial charge in [-0.05, 0) is 37.3 Å². The molecule has 178 valence electrons. The van der Waals surface area contributed by atoms with E-state index in [-0.39, 0.29) is 39.3 Å². The van der Waals surface area contributed by atoms with Gasteiger partial charge in [-0.25, -0.2) is 0 Å². The molecule has 0 bridgehead atoms. The molecule has 2 aromatic carbocycles. The second kappa shape index (κ2) is 10.2. The van der Waals surface area contributed by atoms with Crippen LogP contribution in [0.3, 0.4) is 0 Å². The third kappa shape index (κ3) is 6.13. The average Bonchev–Trinajstić information content (AvgIpc) is 2.94. The molecule has 13 nitrogen and oxygen atoms in total. The number of nitrogens with zero attached hydrogens (tertiary/aromatic N) is 4. The first-order valence-corrected chi connectivity index (χ1v) is 11.4. The van der Waals surface area contributed by atoms with Gasteiger partial charge in [0.1, 0.15) is 10.6 Å². The van der Waals surface area contributed by atoms with Gasteiger partial charge in [-0.15, -0.1) is 0 Å². The Hall–Kier alpha value is -2.42. The van der Waals surface area contributed by atoms with Crippen LogP contribution in [-0.4, -0.2) is 54.2 Å². The molecule has 1 amide bonds. The van der Waals surface area contributed by atoms with Crippen LogP contribution < -0.4 is 5.01 Å². The summed E-state index contributed by atoms with van der Waals surface area (Å²) in [7, 11) is -9.31. The minimum Gasteiger partial charge on any atom is -0.504 e. The van der Waals surface area contributed by atoms with E-state index in [9.17, 15) is 26.7 Å². The summed E-state index contributed by atoms with van der Waals surface area (Å²) in [5.41, 5.74) is -0.230. The molecule has 17 heteroatoms. The van der Waals surface area contributed by atoms with Gasteiger partial charge in [0.2, 0.25) is 0 Å². The number of phenols is 1. The summed E-state index contributed by atoms with van der Waals surface area (Å²) in [6.07, 6.45) is 0. The Balaban J connectivity index is 0.00000272. The zero-order valence-corrected chi connectivity index (χ0v) is 20.0. The number of hydrogen-bond acceptors (Lipinski definition) is 9. The third-order valence-electron chi connectivity index (χ3n) is 4.03. The van der Waals surface area contributed by atoms with Crippen molar-refractivity contribution in [3.05, 3.63) is 41.4 Å². The molecule has 0 radical (unpaired) electrons. The Morgan fingerprint density at radius 1 is 1.09 bits per heavy atom. The molecule has 0 fully saturated rings. The average molecular weight is 559 g/mol. The monoisotopic (exact) mass is 558 g/mol. The van der Waals surface area contributed by atoms with Crippen LogP contribution in [0.25, 0.3) is 0 Å². The number of rotatable bonds is 5. The van der Waals surface area contributed by atoms with Gasteiger partial charge in [0.05, 0.1) is 16.3 Å². The van der Waals surface area contributed by atoms with E-state index < -0.39 is 53.4 Å². The number of anilines is 1. The van der Waals surface area contributed by atoms with Crippen molar-refractivity contribution >= 4 is 54.8 Å². The summed E-state index contributed by atoms with van der Waals surface area (Å²) < 4.78 is 63.7. The first-order chi connectivity index (χ1) is 14.3. The predicted octanol–water partition coefficient (Wildman–Crippen LogP) is 1.59. The first-order valence-electron chi connectivity index (χ1n) is 8.16. The molecule has 5 N–H and O–H groups in total. The van der Waals surface area contributed by atoms with E-state index in [0.29, 0.717) is 0 Å². The molecule has 0 spiro atoms. The molecule has 1 aliphatic rings. The number of amides is 1. The van der Waals surface area contributed by atoms with Crippen LogP contribution in [0.2, 0.25) is 5.02 Å². The second-order valence-electron chi connectivity index (χ2n) is 6.23. The second-order valence-corrected chi connectivity index (χ2v) is 9.48. The van der Waals surface area contributed by atoms with E-state index in [2.05, 4.69) is 15.3 Å². The van der Waals surface area contributed by atoms with Gasteiger partial charge in [0, 0.05) is 22.4 Å². The molecular formula is C16H15ClCrN4O9S2. The van der Waals surface area contributed by atoms with Crippen molar-refractivity contribution in [2.45, 2.75) is 22.8 Å². The number of carbonyl (C=O) groups is 1. The zero-order chi connectivity index (χ0) is 23.1. The maximum absolute atomic E-state index is 12.7. The molecular weight excluding hydrogens is 544 g/mol. The predicted molar refractivity (Wildman–Crippen MR) is 112 cm³/mol. The van der Waals surface area contributed by atoms with Gasteiger partial charge < -0.3 is 10.6 Å². The summed E-state index contributed by atoms with van der Waals surface area (Å²) in [5, 5.41) is 22.1. The van der Waals surface area contributed by atoms with E-state index >= 15 is 0 Å². The Morgan fingerprint density at radius 3 is 2.30 bits per heavy atom. The van der Waals surface area contributed by atoms with Gasteiger partial charge >= 0.3 is 0 Å². The largest absolute Gasteiger partial charge is 0.504 e. The normalized spacial score (nSPS) is 16.4. The number of carbonyl (C=O) groups excluding carboxylic acids is 1. The Morgan fingerprint density at radius 2 is 1.73 bits per heavy atom. The summed E-state index contributed by atoms with van der Waals surface area (Å²) >= 11 is 5.78. The van der Waals surface area contributed by atoms with E-state index in [1.54, 1.807) is 0 Å². The van der Waals surface area contributed by atoms with Crippen LogP contribution in [-0.2, 0) is 42.4 Å². The first kappa shape index (κ1) is 28.6. The van der Waals surface area contributed by atoms with E-state index in [0.717, 1.165) is 29.3 Å². The van der Waals surface area contributed by atoms with Crippen LogP contribution in [0.1, 0.15) is 6.92 Å². The molecule has 0 saturated heterocycles. The molecule has 33 heavy (non-hydrogen) atoms. The summed E-state index contributed by atoms with van der Waals surface area (Å²) in [5.74, 6) is -1.65. The summed E-state index contributed by atoms with van der Waals surface area (Å²) in [6.45, 7) is 1.44. The Kier molecular flexibility index (Phi) is 8.88. The molecule has 3 rings (SSSR count). The fourth-order valence-corrected chi connectivity index (χ4v) is 4.03. The molecule has 0 aliphatic carbocycles. The van der Waals surface area contributed by atoms with Crippen LogP contribution in [0.5, 0.6) is 5.75 Å². The number of hydrogen-bond donors (Lipinski definition) is 3. The maximum atomic E-state index is 12.7. The number of benzene rings is 2. The molecule has 1 atom stereocenters. The molecule has 1 unspecified atom stereocenters. The van der Waals surface area contributed by atoms with E-state index in [1.165, 1.54) is 19.1 Å². The smallest absolute Gasteiger partial charge is 0.298 e. The van der Waals surface area contributed by atoms with Gasteiger partial charge in [-0.3, -0.25) is 13.9 Å². The van der Waals surface area contributed by atoms with Gasteiger partial charge in [0.25, 0.3) is 26.1 Å². The van der Waals surface area contributed by atoms with Crippen LogP contribution in [0.4, 0.5) is 11.4 Å². The van der Waals surface area contributed by atoms with Gasteiger partial charge in [-0.2, -0.15) is 37.2 Å². The fraction of sp³-hybridized carbons (Fsp3) is 0.125. The minimum absolute atomic E-state index is 0. The Labute approximate surface area is 203 Å². The van der Waals surface area contributed by atoms with Crippen LogP contribution >= 0.6 is 11.6 Å². The maximum Gasteiger partial charge on any atom is 0.298 e. The molecule has 0 saturated carbocycles. The third-order valence-corrected chi connectivity index (χ3v) is 5.97. The van der Waals surface area contributed by atoms with Crippen molar-refractivity contribution in [1.29, 1.82) is 0 Å². The van der Waals surface area contributed by atoms with Gasteiger partial charge in [0.15, 0.2) is 11.8 Å². The zero-order valence-electron chi connectivity index (χ0n) is 16.3. The standard InChI is InChI=1S/C16H13ClN4O8S2.Cr.H2O/c1-8-14(19-18-12-5-9(17)6-13(15(12)22)31(27,28)29)16(23)21(20-8)10-3-2-4-11(7-10)30(24,25)26;;/h2-7,14,22H,1H3,(H,24,25,26)(H,27,28,29);;1H2. The molecule has 0 aromatic heterocycles. The quantitative estimate of drug-likeness (QED) is 0.360. The summed E-state index contributed by atoms with van der Waals surface area (Å²) in [4.78, 5) is 11.4. The number of hydrazone groups is 1. The number of halogens is 1. The number of azo groups is 1. The van der Waals surface area contributed by atoms with Crippen molar-refractivity contribution in [3.8, 4) is 5.75 Å². The van der Waals surface area contributed by atoms with Crippen molar-refractivity contribution < 1.29 is 58.7 Å². The van der Waals surface area contributed by atoms with Crippen LogP contribution in [0, 0.1) is 0 Å². The van der Waals surface area contributed by atoms with Crippen LogP contribution in [0.15, 0.2) is 61.5 Å². The summed E-state index contributed by atoms with van der Waals surface area (Å²) in [6, 6.07) is 5.43. The van der Waals surface area contributed by atoms with E-state index in [1.807, 2.05) is 0 Å². The SMILES string of the molecule is CC1=NN(c2cccc(S(=O)(=O)O)c2)C(=O)C1N=Nc1cc(Cl)cc(S(=O)(=O)O)c1O.O.[Cr]. The van der Waals surface area contributed by atoms with Crippen molar-refractivity contribution in [2.75, 3.05) is 5.01 Å². The topological polar surface area (TPSA) is 218 Å². The molecule has 1 aliphatic heterocycles. The fourth-order valence-electron chi connectivity index (χ4n) is 2.60. The van der Waals surface area contributed by atoms with Gasteiger partial charge in [-0.1, -0.05) is 17.7 Å². The molecule has 2 aromatic rings. The van der Waals surface area contributed by atoms with Crippen molar-refractivity contribution in [1.82, 2.24) is 0 Å². The van der Waals surface area contributed by atoms with Crippen molar-refractivity contribution in [2.24, 2.45) is 15.3 Å². The number of phenolic OH excluding ortho intramolecular Hbond substituents is 1. The Bertz CT molecular complexity index is 1360. The van der Waals surface area contributed by atoms with Crippen molar-refractivity contribution in [3.63, 3.8) is 0 Å². The number of aromatic hydroxyl groups is 1.